The Morgan fingerprint density at radius 3 is 2.71 bits per heavy atom. The van der Waals surface area contributed by atoms with Gasteiger partial charge in [-0.1, -0.05) is 6.07 Å². The van der Waals surface area contributed by atoms with Crippen LogP contribution in [-0.4, -0.2) is 23.7 Å². The van der Waals surface area contributed by atoms with E-state index in [2.05, 4.69) is 20.9 Å². The lowest BCUT2D eigenvalue weighted by atomic mass is 10.3. The number of halogens is 1. The number of hydrogen-bond donors (Lipinski definition) is 0. The number of pyridine rings is 1. The first-order valence-corrected chi connectivity index (χ1v) is 9.71. The predicted molar refractivity (Wildman–Crippen MR) is 86.7 cm³/mol. The zero-order valence-corrected chi connectivity index (χ0v) is 14.7. The molecular weight excluding hydrogens is 372 g/mol. The van der Waals surface area contributed by atoms with E-state index in [0.717, 1.165) is 27.2 Å². The minimum absolute atomic E-state index is 0.107. The Morgan fingerprint density at radius 2 is 2.19 bits per heavy atom. The smallest absolute Gasteiger partial charge is 0.244 e. The Kier molecular flexibility index (Phi) is 4.18. The number of rotatable bonds is 5. The molecule has 0 N–H and O–H groups in total. The summed E-state index contributed by atoms with van der Waals surface area (Å²) in [5.41, 5.74) is 0.778. The second-order valence-electron chi connectivity index (χ2n) is 5.07. The predicted octanol–water partition coefficient (Wildman–Crippen LogP) is 3.57. The molecule has 7 heteroatoms. The van der Waals surface area contributed by atoms with E-state index in [1.165, 1.54) is 11.3 Å². The van der Waals surface area contributed by atoms with Gasteiger partial charge in [0.2, 0.25) is 10.0 Å². The molecular formula is C14H15BrN2O2S2. The number of nitrogens with zero attached hydrogens (tertiary/aromatic N) is 2. The molecule has 1 aliphatic carbocycles. The summed E-state index contributed by atoms with van der Waals surface area (Å²) < 4.78 is 28.3. The summed E-state index contributed by atoms with van der Waals surface area (Å²) in [7, 11) is -3.47. The molecule has 0 aliphatic heterocycles. The molecule has 0 amide bonds. The van der Waals surface area contributed by atoms with Crippen molar-refractivity contribution in [2.24, 2.45) is 0 Å². The van der Waals surface area contributed by atoms with Crippen LogP contribution in [0.15, 0.2) is 39.1 Å². The highest BCUT2D eigenvalue weighted by Crippen LogP contribution is 2.37. The van der Waals surface area contributed by atoms with E-state index in [1.807, 2.05) is 25.1 Å². The Morgan fingerprint density at radius 1 is 1.43 bits per heavy atom. The maximum Gasteiger partial charge on any atom is 0.244 e. The van der Waals surface area contributed by atoms with Crippen LogP contribution in [0.3, 0.4) is 0 Å². The Bertz CT molecular complexity index is 740. The van der Waals surface area contributed by atoms with Crippen molar-refractivity contribution in [3.05, 3.63) is 44.8 Å². The minimum Gasteiger partial charge on any atom is -0.260 e. The van der Waals surface area contributed by atoms with Crippen LogP contribution in [0, 0.1) is 6.92 Å². The van der Waals surface area contributed by atoms with Gasteiger partial charge in [0.1, 0.15) is 0 Å². The first-order valence-electron chi connectivity index (χ1n) is 6.66. The first-order chi connectivity index (χ1) is 9.98. The van der Waals surface area contributed by atoms with Crippen molar-refractivity contribution in [2.75, 3.05) is 0 Å². The highest BCUT2D eigenvalue weighted by atomic mass is 79.9. The topological polar surface area (TPSA) is 50.3 Å². The molecule has 2 aromatic rings. The summed E-state index contributed by atoms with van der Waals surface area (Å²) in [4.78, 5) is 5.47. The van der Waals surface area contributed by atoms with Gasteiger partial charge in [-0.3, -0.25) is 4.98 Å². The van der Waals surface area contributed by atoms with Gasteiger partial charge in [0.15, 0.2) is 0 Å². The molecule has 0 bridgehead atoms. The minimum atomic E-state index is -3.47. The van der Waals surface area contributed by atoms with Gasteiger partial charge in [0, 0.05) is 17.1 Å². The molecule has 2 heterocycles. The molecule has 1 fully saturated rings. The van der Waals surface area contributed by atoms with Gasteiger partial charge in [-0.05, 0) is 53.9 Å². The number of thiophene rings is 1. The number of sulfonamides is 1. The van der Waals surface area contributed by atoms with Crippen LogP contribution in [-0.2, 0) is 16.6 Å². The van der Waals surface area contributed by atoms with Gasteiger partial charge in [-0.25, -0.2) is 8.42 Å². The van der Waals surface area contributed by atoms with Crippen molar-refractivity contribution in [1.29, 1.82) is 0 Å². The normalized spacial score (nSPS) is 15.6. The lowest BCUT2D eigenvalue weighted by Gasteiger charge is -2.21. The Balaban J connectivity index is 1.95. The first kappa shape index (κ1) is 15.1. The van der Waals surface area contributed by atoms with E-state index in [1.54, 1.807) is 16.6 Å². The molecule has 0 unspecified atom stereocenters. The monoisotopic (exact) mass is 386 g/mol. The molecule has 0 spiro atoms. The Hall–Kier alpha value is -0.760. The van der Waals surface area contributed by atoms with Crippen LogP contribution in [0.5, 0.6) is 0 Å². The molecule has 112 valence electrons. The average molecular weight is 387 g/mol. The molecule has 4 nitrogen and oxygen atoms in total. The zero-order valence-electron chi connectivity index (χ0n) is 11.5. The summed E-state index contributed by atoms with van der Waals surface area (Å²) >= 11 is 4.81. The van der Waals surface area contributed by atoms with Gasteiger partial charge in [0.25, 0.3) is 0 Å². The molecule has 3 rings (SSSR count). The fourth-order valence-electron chi connectivity index (χ4n) is 2.24. The van der Waals surface area contributed by atoms with Crippen LogP contribution in [0.2, 0.25) is 0 Å². The highest BCUT2D eigenvalue weighted by molar-refractivity contribution is 9.11. The van der Waals surface area contributed by atoms with Crippen molar-refractivity contribution in [2.45, 2.75) is 37.2 Å². The summed E-state index contributed by atoms with van der Waals surface area (Å²) in [6.45, 7) is 2.18. The quantitative estimate of drug-likeness (QED) is 0.788. The van der Waals surface area contributed by atoms with Gasteiger partial charge in [-0.2, -0.15) is 4.31 Å². The number of hydrogen-bond acceptors (Lipinski definition) is 4. The number of aromatic nitrogens is 1. The van der Waals surface area contributed by atoms with E-state index in [9.17, 15) is 8.42 Å². The highest BCUT2D eigenvalue weighted by Gasteiger charge is 2.39. The molecule has 1 saturated carbocycles. The van der Waals surface area contributed by atoms with Gasteiger partial charge in [0.05, 0.1) is 20.9 Å². The second kappa shape index (κ2) is 5.79. The summed E-state index contributed by atoms with van der Waals surface area (Å²) in [6.07, 6.45) is 3.55. The third kappa shape index (κ3) is 3.21. The van der Waals surface area contributed by atoms with E-state index >= 15 is 0 Å². The molecule has 0 aromatic carbocycles. The standard InChI is InChI=1S/C14H15BrN2O2S2/c1-10-13(8-14(15)20-10)21(18,19)17(12-5-6-12)9-11-4-2-3-7-16-11/h2-4,7-8,12H,5-6,9H2,1H3. The van der Waals surface area contributed by atoms with Gasteiger partial charge < -0.3 is 0 Å². The molecule has 1 aliphatic rings. The van der Waals surface area contributed by atoms with Crippen molar-refractivity contribution in [3.63, 3.8) is 0 Å². The maximum absolute atomic E-state index is 12.9. The molecule has 2 aromatic heterocycles. The fourth-order valence-corrected chi connectivity index (χ4v) is 6.28. The average Bonchev–Trinajstić information content (AvgIpc) is 3.21. The van der Waals surface area contributed by atoms with E-state index in [0.29, 0.717) is 11.4 Å². The van der Waals surface area contributed by atoms with Crippen molar-refractivity contribution in [1.82, 2.24) is 9.29 Å². The maximum atomic E-state index is 12.9. The van der Waals surface area contributed by atoms with Crippen LogP contribution >= 0.6 is 27.3 Å². The van der Waals surface area contributed by atoms with E-state index in [-0.39, 0.29) is 6.04 Å². The largest absolute Gasteiger partial charge is 0.260 e. The third-order valence-electron chi connectivity index (χ3n) is 3.43. The fraction of sp³-hybridized carbons (Fsp3) is 0.357. The van der Waals surface area contributed by atoms with Crippen LogP contribution < -0.4 is 0 Å². The molecule has 0 atom stereocenters. The van der Waals surface area contributed by atoms with Crippen LogP contribution in [0.4, 0.5) is 0 Å². The third-order valence-corrected chi connectivity index (χ3v) is 7.13. The molecule has 0 saturated heterocycles. The Labute approximate surface area is 137 Å². The van der Waals surface area contributed by atoms with Crippen molar-refractivity contribution < 1.29 is 8.42 Å². The number of aryl methyl sites for hydroxylation is 1. The van der Waals surface area contributed by atoms with Crippen molar-refractivity contribution >= 4 is 37.3 Å². The van der Waals surface area contributed by atoms with Crippen LogP contribution in [0.1, 0.15) is 23.4 Å². The van der Waals surface area contributed by atoms with Gasteiger partial charge in [-0.15, -0.1) is 11.3 Å². The summed E-state index contributed by atoms with van der Waals surface area (Å²) in [5, 5.41) is 0. The summed E-state index contributed by atoms with van der Waals surface area (Å²) in [5.74, 6) is 0. The lowest BCUT2D eigenvalue weighted by molar-refractivity contribution is 0.394. The molecule has 21 heavy (non-hydrogen) atoms. The molecule has 0 radical (unpaired) electrons. The second-order valence-corrected chi connectivity index (χ2v) is 9.57. The summed E-state index contributed by atoms with van der Waals surface area (Å²) in [6, 6.07) is 7.38. The van der Waals surface area contributed by atoms with Gasteiger partial charge >= 0.3 is 0 Å². The van der Waals surface area contributed by atoms with E-state index < -0.39 is 10.0 Å². The van der Waals surface area contributed by atoms with Crippen molar-refractivity contribution in [3.8, 4) is 0 Å². The lowest BCUT2D eigenvalue weighted by Crippen LogP contribution is -2.33. The SMILES string of the molecule is Cc1sc(Br)cc1S(=O)(=O)N(Cc1ccccn1)C1CC1. The van der Waals surface area contributed by atoms with E-state index in [4.69, 9.17) is 0 Å². The van der Waals surface area contributed by atoms with Crippen LogP contribution in [0.25, 0.3) is 0 Å². The zero-order chi connectivity index (χ0) is 15.0.